The summed E-state index contributed by atoms with van der Waals surface area (Å²) in [7, 11) is 0. The summed E-state index contributed by atoms with van der Waals surface area (Å²) in [5.41, 5.74) is 6.37. The van der Waals surface area contributed by atoms with Crippen LogP contribution in [-0.2, 0) is 0 Å². The molecule has 0 radical (unpaired) electrons. The number of nitrogens with two attached hydrogens (primary N) is 1. The number of benzene rings is 1. The Hall–Kier alpha value is -2.37. The predicted octanol–water partition coefficient (Wildman–Crippen LogP) is 2.07. The van der Waals surface area contributed by atoms with Gasteiger partial charge in [-0.05, 0) is 24.6 Å². The van der Waals surface area contributed by atoms with Crippen molar-refractivity contribution in [3.63, 3.8) is 0 Å². The van der Waals surface area contributed by atoms with Gasteiger partial charge in [0.25, 0.3) is 0 Å². The van der Waals surface area contributed by atoms with Crippen molar-refractivity contribution in [1.82, 2.24) is 5.16 Å². The van der Waals surface area contributed by atoms with E-state index in [9.17, 15) is 9.18 Å². The molecular formula is C11H9FN2O3. The highest BCUT2D eigenvalue weighted by Gasteiger charge is 2.16. The molecule has 1 heterocycles. The lowest BCUT2D eigenvalue weighted by Crippen LogP contribution is -2.02. The van der Waals surface area contributed by atoms with Gasteiger partial charge >= 0.3 is 5.97 Å². The maximum Gasteiger partial charge on any atom is 0.338 e. The molecule has 2 aromatic rings. The first-order valence-electron chi connectivity index (χ1n) is 4.75. The highest BCUT2D eigenvalue weighted by Crippen LogP contribution is 2.26. The van der Waals surface area contributed by atoms with Crippen LogP contribution in [0.15, 0.2) is 22.7 Å². The molecule has 0 aliphatic rings. The number of hydrogen-bond acceptors (Lipinski definition) is 4. The summed E-state index contributed by atoms with van der Waals surface area (Å²) >= 11 is 0. The van der Waals surface area contributed by atoms with Gasteiger partial charge in [-0.15, -0.1) is 0 Å². The lowest BCUT2D eigenvalue weighted by atomic mass is 10.0. The number of rotatable bonds is 2. The quantitative estimate of drug-likeness (QED) is 0.833. The largest absolute Gasteiger partial charge is 0.478 e. The predicted molar refractivity (Wildman–Crippen MR) is 58.0 cm³/mol. The van der Waals surface area contributed by atoms with Gasteiger partial charge in [0.1, 0.15) is 11.5 Å². The Morgan fingerprint density at radius 3 is 2.71 bits per heavy atom. The molecule has 0 amide bonds. The number of carboxylic acids is 1. The molecule has 0 spiro atoms. The van der Waals surface area contributed by atoms with Crippen molar-refractivity contribution in [3.8, 4) is 11.3 Å². The van der Waals surface area contributed by atoms with E-state index in [1.165, 1.54) is 12.1 Å². The smallest absolute Gasteiger partial charge is 0.338 e. The molecule has 0 saturated heterocycles. The van der Waals surface area contributed by atoms with Gasteiger partial charge in [-0.3, -0.25) is 0 Å². The lowest BCUT2D eigenvalue weighted by molar-refractivity contribution is 0.0692. The first kappa shape index (κ1) is 11.1. The van der Waals surface area contributed by atoms with Crippen molar-refractivity contribution >= 4 is 11.9 Å². The monoisotopic (exact) mass is 236 g/mol. The van der Waals surface area contributed by atoms with Crippen molar-refractivity contribution in [1.29, 1.82) is 0 Å². The maximum atomic E-state index is 13.4. The fraction of sp³-hybridized carbons (Fsp3) is 0.0909. The van der Waals surface area contributed by atoms with Crippen LogP contribution in [0.3, 0.4) is 0 Å². The van der Waals surface area contributed by atoms with Crippen molar-refractivity contribution in [2.24, 2.45) is 0 Å². The number of aromatic carboxylic acids is 1. The summed E-state index contributed by atoms with van der Waals surface area (Å²) in [6.45, 7) is 1.65. The second-order valence-electron chi connectivity index (χ2n) is 3.57. The molecule has 0 bridgehead atoms. The highest BCUT2D eigenvalue weighted by molar-refractivity contribution is 5.90. The van der Waals surface area contributed by atoms with E-state index in [0.29, 0.717) is 16.8 Å². The van der Waals surface area contributed by atoms with E-state index in [1.807, 2.05) is 0 Å². The number of nitrogen functional groups attached to an aromatic ring is 1. The van der Waals surface area contributed by atoms with Crippen molar-refractivity contribution < 1.29 is 18.8 Å². The molecule has 3 N–H and O–H groups in total. The topological polar surface area (TPSA) is 89.3 Å². The number of aryl methyl sites for hydroxylation is 1. The zero-order chi connectivity index (χ0) is 12.6. The zero-order valence-corrected chi connectivity index (χ0v) is 8.90. The van der Waals surface area contributed by atoms with E-state index < -0.39 is 17.3 Å². The molecule has 17 heavy (non-hydrogen) atoms. The van der Waals surface area contributed by atoms with Crippen LogP contribution in [0.2, 0.25) is 0 Å². The summed E-state index contributed by atoms with van der Waals surface area (Å²) < 4.78 is 18.0. The van der Waals surface area contributed by atoms with Crippen molar-refractivity contribution in [2.75, 3.05) is 5.73 Å². The van der Waals surface area contributed by atoms with E-state index in [4.69, 9.17) is 15.4 Å². The van der Waals surface area contributed by atoms with Crippen LogP contribution in [0.1, 0.15) is 15.9 Å². The molecule has 2 rings (SSSR count). The fourth-order valence-electron chi connectivity index (χ4n) is 1.53. The second kappa shape index (κ2) is 3.89. The standard InChI is InChI=1S/C11H9FN2O3/c1-5-2-8(12)7(11(15)16)3-6(5)9-4-10(13)17-14-9/h2-4H,13H2,1H3,(H,15,16). The molecule has 0 unspecified atom stereocenters. The molecule has 0 aliphatic carbocycles. The van der Waals surface area contributed by atoms with Crippen LogP contribution in [0.25, 0.3) is 11.3 Å². The molecule has 6 heteroatoms. The first-order valence-corrected chi connectivity index (χ1v) is 4.75. The Morgan fingerprint density at radius 2 is 2.18 bits per heavy atom. The van der Waals surface area contributed by atoms with Gasteiger partial charge < -0.3 is 15.4 Å². The summed E-state index contributed by atoms with van der Waals surface area (Å²) in [6.07, 6.45) is 0. The molecule has 0 fully saturated rings. The fourth-order valence-corrected chi connectivity index (χ4v) is 1.53. The molecule has 0 saturated carbocycles. The minimum atomic E-state index is -1.33. The highest BCUT2D eigenvalue weighted by atomic mass is 19.1. The average Bonchev–Trinajstić information content (AvgIpc) is 2.64. The van der Waals surface area contributed by atoms with E-state index in [0.717, 1.165) is 6.07 Å². The van der Waals surface area contributed by atoms with E-state index in [2.05, 4.69) is 5.16 Å². The van der Waals surface area contributed by atoms with Gasteiger partial charge in [-0.1, -0.05) is 5.16 Å². The van der Waals surface area contributed by atoms with Crippen molar-refractivity contribution in [2.45, 2.75) is 6.92 Å². The summed E-state index contributed by atoms with van der Waals surface area (Å²) in [4.78, 5) is 10.8. The average molecular weight is 236 g/mol. The molecule has 88 valence electrons. The van der Waals surface area contributed by atoms with Gasteiger partial charge in [0.15, 0.2) is 0 Å². The molecular weight excluding hydrogens is 227 g/mol. The van der Waals surface area contributed by atoms with Crippen LogP contribution >= 0.6 is 0 Å². The van der Waals surface area contributed by atoms with Crippen LogP contribution in [-0.4, -0.2) is 16.2 Å². The zero-order valence-electron chi connectivity index (χ0n) is 8.90. The van der Waals surface area contributed by atoms with Crippen LogP contribution in [0.4, 0.5) is 10.3 Å². The van der Waals surface area contributed by atoms with Gasteiger partial charge in [0.2, 0.25) is 5.88 Å². The molecule has 1 aromatic carbocycles. The van der Waals surface area contributed by atoms with Crippen LogP contribution < -0.4 is 5.73 Å². The summed E-state index contributed by atoms with van der Waals surface area (Å²) in [5.74, 6) is -2.00. The van der Waals surface area contributed by atoms with Gasteiger partial charge in [0.05, 0.1) is 5.56 Å². The Bertz CT molecular complexity index is 592. The maximum absolute atomic E-state index is 13.4. The van der Waals surface area contributed by atoms with E-state index in [1.54, 1.807) is 6.92 Å². The Labute approximate surface area is 95.6 Å². The van der Waals surface area contributed by atoms with Gasteiger partial charge in [-0.25, -0.2) is 9.18 Å². The number of halogens is 1. The Morgan fingerprint density at radius 1 is 1.47 bits per heavy atom. The SMILES string of the molecule is Cc1cc(F)c(C(=O)O)cc1-c1cc(N)on1. The summed E-state index contributed by atoms with van der Waals surface area (Å²) in [5, 5.41) is 12.5. The van der Waals surface area contributed by atoms with Crippen LogP contribution in [0.5, 0.6) is 0 Å². The third kappa shape index (κ3) is 1.96. The summed E-state index contributed by atoms with van der Waals surface area (Å²) in [6, 6.07) is 3.81. The number of carbonyl (C=O) groups is 1. The number of nitrogens with zero attached hydrogens (tertiary/aromatic N) is 1. The lowest BCUT2D eigenvalue weighted by Gasteiger charge is -2.04. The van der Waals surface area contributed by atoms with Gasteiger partial charge in [0, 0.05) is 11.6 Å². The number of aromatic nitrogens is 1. The molecule has 5 nitrogen and oxygen atoms in total. The third-order valence-electron chi connectivity index (χ3n) is 2.35. The van der Waals surface area contributed by atoms with Crippen molar-refractivity contribution in [3.05, 3.63) is 35.1 Å². The number of carboxylic acid groups (broad SMARTS) is 1. The minimum Gasteiger partial charge on any atom is -0.478 e. The molecule has 0 atom stereocenters. The van der Waals surface area contributed by atoms with E-state index in [-0.39, 0.29) is 5.88 Å². The first-order chi connectivity index (χ1) is 7.99. The van der Waals surface area contributed by atoms with E-state index >= 15 is 0 Å². The second-order valence-corrected chi connectivity index (χ2v) is 3.57. The Balaban J connectivity index is 2.62. The Kier molecular flexibility index (Phi) is 2.55. The van der Waals surface area contributed by atoms with Crippen LogP contribution in [0, 0.1) is 12.7 Å². The number of anilines is 1. The minimum absolute atomic E-state index is 0.112. The number of hydrogen-bond donors (Lipinski definition) is 2. The third-order valence-corrected chi connectivity index (χ3v) is 2.35. The molecule has 0 aliphatic heterocycles. The molecule has 1 aromatic heterocycles. The van der Waals surface area contributed by atoms with Gasteiger partial charge in [-0.2, -0.15) is 0 Å². The normalized spacial score (nSPS) is 10.5.